The van der Waals surface area contributed by atoms with Crippen molar-refractivity contribution >= 4 is 23.2 Å². The van der Waals surface area contributed by atoms with Gasteiger partial charge in [0.15, 0.2) is 0 Å². The average molecular weight is 269 g/mol. The zero-order valence-electron chi connectivity index (χ0n) is 11.0. The number of carbonyl (C=O) groups is 2. The van der Waals surface area contributed by atoms with E-state index in [0.717, 1.165) is 6.42 Å². The SMILES string of the molecule is CN(CCc1cccs1)C(=O)C(C)(C)CC(=O)O. The van der Waals surface area contributed by atoms with E-state index in [0.29, 0.717) is 6.54 Å². The topological polar surface area (TPSA) is 57.6 Å². The van der Waals surface area contributed by atoms with Crippen molar-refractivity contribution in [1.82, 2.24) is 4.90 Å². The molecule has 1 rings (SSSR count). The number of nitrogens with zero attached hydrogens (tertiary/aromatic N) is 1. The number of carboxylic acid groups (broad SMARTS) is 1. The number of hydrogen-bond acceptors (Lipinski definition) is 3. The van der Waals surface area contributed by atoms with Gasteiger partial charge in [-0.1, -0.05) is 19.9 Å². The Balaban J connectivity index is 2.52. The smallest absolute Gasteiger partial charge is 0.304 e. The number of aliphatic carboxylic acids is 1. The van der Waals surface area contributed by atoms with E-state index in [2.05, 4.69) is 0 Å². The first-order valence-electron chi connectivity index (χ1n) is 5.82. The van der Waals surface area contributed by atoms with Crippen LogP contribution in [0.2, 0.25) is 0 Å². The Hall–Kier alpha value is -1.36. The standard InChI is InChI=1S/C13H19NO3S/c1-13(2,9-11(15)16)12(17)14(3)7-6-10-5-4-8-18-10/h4-5,8H,6-7,9H2,1-3H3,(H,15,16). The molecule has 0 aliphatic carbocycles. The van der Waals surface area contributed by atoms with Gasteiger partial charge in [0.2, 0.25) is 5.91 Å². The molecule has 1 heterocycles. The first-order chi connectivity index (χ1) is 8.33. The molecule has 0 aromatic carbocycles. The molecule has 0 saturated heterocycles. The van der Waals surface area contributed by atoms with Crippen LogP contribution in [-0.4, -0.2) is 35.5 Å². The average Bonchev–Trinajstić information content (AvgIpc) is 2.75. The fourth-order valence-corrected chi connectivity index (χ4v) is 2.50. The summed E-state index contributed by atoms with van der Waals surface area (Å²) in [6.45, 7) is 3.96. The van der Waals surface area contributed by atoms with Crippen LogP contribution >= 0.6 is 11.3 Å². The molecule has 0 spiro atoms. The van der Waals surface area contributed by atoms with Gasteiger partial charge in [0, 0.05) is 18.5 Å². The summed E-state index contributed by atoms with van der Waals surface area (Å²) in [4.78, 5) is 25.7. The highest BCUT2D eigenvalue weighted by Gasteiger charge is 2.32. The third kappa shape index (κ3) is 4.14. The molecule has 4 nitrogen and oxygen atoms in total. The Kier molecular flexibility index (Phi) is 4.90. The first-order valence-corrected chi connectivity index (χ1v) is 6.70. The van der Waals surface area contributed by atoms with Crippen LogP contribution in [0.25, 0.3) is 0 Å². The second kappa shape index (κ2) is 6.00. The van der Waals surface area contributed by atoms with E-state index in [1.165, 1.54) is 4.88 Å². The van der Waals surface area contributed by atoms with E-state index in [9.17, 15) is 9.59 Å². The zero-order valence-corrected chi connectivity index (χ0v) is 11.8. The molecule has 1 N–H and O–H groups in total. The maximum Gasteiger partial charge on any atom is 0.304 e. The summed E-state index contributed by atoms with van der Waals surface area (Å²) in [5, 5.41) is 10.8. The number of hydrogen-bond donors (Lipinski definition) is 1. The summed E-state index contributed by atoms with van der Waals surface area (Å²) >= 11 is 1.66. The quantitative estimate of drug-likeness (QED) is 0.861. The molecule has 0 aliphatic heterocycles. The lowest BCUT2D eigenvalue weighted by Gasteiger charge is -2.28. The maximum atomic E-state index is 12.1. The molecule has 1 aromatic rings. The highest BCUT2D eigenvalue weighted by Crippen LogP contribution is 2.23. The van der Waals surface area contributed by atoms with Crippen LogP contribution in [0.3, 0.4) is 0 Å². The summed E-state index contributed by atoms with van der Waals surface area (Å²) in [6.07, 6.45) is 0.665. The van der Waals surface area contributed by atoms with Gasteiger partial charge in [0.25, 0.3) is 0 Å². The molecule has 0 saturated carbocycles. The van der Waals surface area contributed by atoms with E-state index < -0.39 is 11.4 Å². The summed E-state index contributed by atoms with van der Waals surface area (Å²) in [5.41, 5.74) is -0.851. The zero-order chi connectivity index (χ0) is 13.8. The Labute approximate surface area is 111 Å². The number of rotatable bonds is 6. The maximum absolute atomic E-state index is 12.1. The van der Waals surface area contributed by atoms with E-state index in [1.54, 1.807) is 37.1 Å². The molecule has 0 unspecified atom stereocenters. The summed E-state index contributed by atoms with van der Waals surface area (Å²) in [7, 11) is 1.72. The monoisotopic (exact) mass is 269 g/mol. The highest BCUT2D eigenvalue weighted by molar-refractivity contribution is 7.09. The molecule has 0 radical (unpaired) electrons. The lowest BCUT2D eigenvalue weighted by atomic mass is 9.87. The molecular weight excluding hydrogens is 250 g/mol. The van der Waals surface area contributed by atoms with Crippen molar-refractivity contribution < 1.29 is 14.7 Å². The van der Waals surface area contributed by atoms with Crippen molar-refractivity contribution in [3.05, 3.63) is 22.4 Å². The van der Waals surface area contributed by atoms with Crippen molar-refractivity contribution in [2.75, 3.05) is 13.6 Å². The molecule has 0 aliphatic rings. The number of likely N-dealkylation sites (N-methyl/N-ethyl adjacent to an activating group) is 1. The Morgan fingerprint density at radius 3 is 2.61 bits per heavy atom. The third-order valence-electron chi connectivity index (χ3n) is 2.79. The van der Waals surface area contributed by atoms with Crippen molar-refractivity contribution in [2.24, 2.45) is 5.41 Å². The normalized spacial score (nSPS) is 11.3. The van der Waals surface area contributed by atoms with Crippen LogP contribution in [0, 0.1) is 5.41 Å². The van der Waals surface area contributed by atoms with E-state index in [4.69, 9.17) is 5.11 Å². The number of thiophene rings is 1. The van der Waals surface area contributed by atoms with E-state index in [-0.39, 0.29) is 12.3 Å². The van der Waals surface area contributed by atoms with Crippen molar-refractivity contribution in [3.63, 3.8) is 0 Å². The molecule has 0 bridgehead atoms. The van der Waals surface area contributed by atoms with Gasteiger partial charge in [-0.2, -0.15) is 0 Å². The Bertz CT molecular complexity index is 412. The van der Waals surface area contributed by atoms with Crippen LogP contribution in [0.1, 0.15) is 25.1 Å². The number of carbonyl (C=O) groups excluding carboxylic acids is 1. The van der Waals surface area contributed by atoms with Crippen LogP contribution in [0.5, 0.6) is 0 Å². The highest BCUT2D eigenvalue weighted by atomic mass is 32.1. The largest absolute Gasteiger partial charge is 0.481 e. The van der Waals surface area contributed by atoms with Gasteiger partial charge in [-0.05, 0) is 17.9 Å². The first kappa shape index (κ1) is 14.7. The lowest BCUT2D eigenvalue weighted by Crippen LogP contribution is -2.40. The lowest BCUT2D eigenvalue weighted by molar-refractivity contribution is -0.148. The fourth-order valence-electron chi connectivity index (χ4n) is 1.80. The van der Waals surface area contributed by atoms with Crippen LogP contribution in [-0.2, 0) is 16.0 Å². The van der Waals surface area contributed by atoms with Gasteiger partial charge in [-0.3, -0.25) is 9.59 Å². The predicted octanol–water partition coefficient (Wildman–Crippen LogP) is 2.25. The molecule has 0 atom stereocenters. The second-order valence-electron chi connectivity index (χ2n) is 5.01. The minimum Gasteiger partial charge on any atom is -0.481 e. The molecular formula is C13H19NO3S. The van der Waals surface area contributed by atoms with Gasteiger partial charge < -0.3 is 10.0 Å². The molecule has 1 amide bonds. The van der Waals surface area contributed by atoms with Gasteiger partial charge in [-0.25, -0.2) is 0 Å². The summed E-state index contributed by atoms with van der Waals surface area (Å²) < 4.78 is 0. The molecule has 0 fully saturated rings. The third-order valence-corrected chi connectivity index (χ3v) is 3.73. The Morgan fingerprint density at radius 1 is 1.44 bits per heavy atom. The van der Waals surface area contributed by atoms with Crippen LogP contribution in [0.15, 0.2) is 17.5 Å². The summed E-state index contributed by atoms with van der Waals surface area (Å²) in [6, 6.07) is 4.02. The van der Waals surface area contributed by atoms with E-state index >= 15 is 0 Å². The number of amides is 1. The number of carboxylic acids is 1. The van der Waals surface area contributed by atoms with Crippen LogP contribution in [0.4, 0.5) is 0 Å². The molecule has 5 heteroatoms. The van der Waals surface area contributed by atoms with Gasteiger partial charge in [0.1, 0.15) is 0 Å². The Morgan fingerprint density at radius 2 is 2.11 bits per heavy atom. The van der Waals surface area contributed by atoms with Crippen molar-refractivity contribution in [3.8, 4) is 0 Å². The molecule has 100 valence electrons. The molecule has 18 heavy (non-hydrogen) atoms. The summed E-state index contributed by atoms with van der Waals surface area (Å²) in [5.74, 6) is -1.07. The van der Waals surface area contributed by atoms with Gasteiger partial charge >= 0.3 is 5.97 Å². The van der Waals surface area contributed by atoms with Crippen molar-refractivity contribution in [2.45, 2.75) is 26.7 Å². The minimum atomic E-state index is -0.944. The van der Waals surface area contributed by atoms with Gasteiger partial charge in [0.05, 0.1) is 11.8 Å². The van der Waals surface area contributed by atoms with Gasteiger partial charge in [-0.15, -0.1) is 11.3 Å². The van der Waals surface area contributed by atoms with Crippen molar-refractivity contribution in [1.29, 1.82) is 0 Å². The van der Waals surface area contributed by atoms with E-state index in [1.807, 2.05) is 17.5 Å². The molecule has 1 aromatic heterocycles. The minimum absolute atomic E-state index is 0.124. The fraction of sp³-hybridized carbons (Fsp3) is 0.538. The second-order valence-corrected chi connectivity index (χ2v) is 6.04. The predicted molar refractivity (Wildman–Crippen MR) is 71.7 cm³/mol. The van der Waals surface area contributed by atoms with Crippen LogP contribution < -0.4 is 0 Å².